The van der Waals surface area contributed by atoms with Crippen LogP contribution in [0.1, 0.15) is 36.1 Å². The summed E-state index contributed by atoms with van der Waals surface area (Å²) >= 11 is 0. The van der Waals surface area contributed by atoms with Gasteiger partial charge in [-0.3, -0.25) is 9.48 Å². The summed E-state index contributed by atoms with van der Waals surface area (Å²) in [6.07, 6.45) is 2.97. The fraction of sp³-hybridized carbons (Fsp3) is 0.429. The lowest BCUT2D eigenvalue weighted by atomic mass is 10.0. The third-order valence-electron chi connectivity index (χ3n) is 3.19. The van der Waals surface area contributed by atoms with Gasteiger partial charge in [0.05, 0.1) is 18.7 Å². The molecule has 1 amide bonds. The molecule has 0 aliphatic carbocycles. The Morgan fingerprint density at radius 3 is 2.57 bits per heavy atom. The van der Waals surface area contributed by atoms with Crippen molar-refractivity contribution >= 4 is 5.91 Å². The fourth-order valence-corrected chi connectivity index (χ4v) is 1.98. The van der Waals surface area contributed by atoms with Crippen LogP contribution in [0.5, 0.6) is 5.88 Å². The number of rotatable bonds is 5. The first-order chi connectivity index (χ1) is 10.0. The van der Waals surface area contributed by atoms with E-state index in [0.717, 1.165) is 5.82 Å². The highest BCUT2D eigenvalue weighted by Crippen LogP contribution is 2.19. The van der Waals surface area contributed by atoms with Gasteiger partial charge in [0.1, 0.15) is 12.2 Å². The largest absolute Gasteiger partial charge is 0.481 e. The van der Waals surface area contributed by atoms with Crippen LogP contribution in [-0.2, 0) is 7.05 Å². The molecule has 0 fully saturated rings. The summed E-state index contributed by atoms with van der Waals surface area (Å²) in [6.45, 7) is 4.04. The maximum absolute atomic E-state index is 12.3. The van der Waals surface area contributed by atoms with Crippen LogP contribution in [0.3, 0.4) is 0 Å². The summed E-state index contributed by atoms with van der Waals surface area (Å²) in [7, 11) is 3.34. The van der Waals surface area contributed by atoms with Crippen molar-refractivity contribution in [2.45, 2.75) is 19.9 Å². The number of aromatic nitrogens is 4. The first-order valence-corrected chi connectivity index (χ1v) is 6.67. The Bertz CT molecular complexity index is 606. The lowest BCUT2D eigenvalue weighted by Crippen LogP contribution is -2.33. The van der Waals surface area contributed by atoms with Crippen LogP contribution in [0.4, 0.5) is 0 Å². The van der Waals surface area contributed by atoms with Crippen molar-refractivity contribution in [1.82, 2.24) is 25.1 Å². The third-order valence-corrected chi connectivity index (χ3v) is 3.19. The average Bonchev–Trinajstić information content (AvgIpc) is 2.90. The molecule has 0 radical (unpaired) electrons. The van der Waals surface area contributed by atoms with Gasteiger partial charge in [-0.25, -0.2) is 9.97 Å². The van der Waals surface area contributed by atoms with E-state index in [9.17, 15) is 4.79 Å². The van der Waals surface area contributed by atoms with Crippen molar-refractivity contribution in [2.24, 2.45) is 13.0 Å². The smallest absolute Gasteiger partial charge is 0.253 e. The van der Waals surface area contributed by atoms with Gasteiger partial charge in [-0.1, -0.05) is 13.8 Å². The van der Waals surface area contributed by atoms with E-state index in [1.807, 2.05) is 13.8 Å². The molecular weight excluding hydrogens is 270 g/mol. The summed E-state index contributed by atoms with van der Waals surface area (Å²) in [4.78, 5) is 20.6. The highest BCUT2D eigenvalue weighted by Gasteiger charge is 2.23. The molecule has 0 saturated heterocycles. The van der Waals surface area contributed by atoms with Crippen molar-refractivity contribution in [2.75, 3.05) is 7.11 Å². The van der Waals surface area contributed by atoms with Gasteiger partial charge >= 0.3 is 0 Å². The van der Waals surface area contributed by atoms with E-state index in [-0.39, 0.29) is 17.9 Å². The zero-order valence-electron chi connectivity index (χ0n) is 12.6. The Hall–Kier alpha value is -2.44. The molecule has 2 heterocycles. The number of nitrogens with zero attached hydrogens (tertiary/aromatic N) is 4. The molecule has 0 saturated carbocycles. The molecule has 1 N–H and O–H groups in total. The molecule has 7 heteroatoms. The minimum absolute atomic E-state index is 0.183. The Labute approximate surface area is 123 Å². The predicted molar refractivity (Wildman–Crippen MR) is 76.8 cm³/mol. The molecule has 7 nitrogen and oxygen atoms in total. The van der Waals surface area contributed by atoms with Crippen molar-refractivity contribution in [3.63, 3.8) is 0 Å². The third kappa shape index (κ3) is 3.36. The van der Waals surface area contributed by atoms with Gasteiger partial charge in [0.15, 0.2) is 0 Å². The van der Waals surface area contributed by atoms with Crippen LogP contribution in [-0.4, -0.2) is 32.8 Å². The van der Waals surface area contributed by atoms with Gasteiger partial charge in [0.2, 0.25) is 5.88 Å². The molecule has 1 atom stereocenters. The molecule has 21 heavy (non-hydrogen) atoms. The minimum atomic E-state index is -0.216. The van der Waals surface area contributed by atoms with Gasteiger partial charge in [-0.2, -0.15) is 5.10 Å². The van der Waals surface area contributed by atoms with Crippen LogP contribution in [0.2, 0.25) is 0 Å². The van der Waals surface area contributed by atoms with Crippen molar-refractivity contribution < 1.29 is 9.53 Å². The Kier molecular flexibility index (Phi) is 4.52. The first-order valence-electron chi connectivity index (χ1n) is 6.67. The molecule has 2 rings (SSSR count). The Balaban J connectivity index is 2.16. The second-order valence-electron chi connectivity index (χ2n) is 5.03. The van der Waals surface area contributed by atoms with Crippen LogP contribution in [0.15, 0.2) is 24.7 Å². The van der Waals surface area contributed by atoms with E-state index in [1.54, 1.807) is 23.9 Å². The van der Waals surface area contributed by atoms with E-state index in [1.165, 1.54) is 19.6 Å². The second kappa shape index (κ2) is 6.34. The molecule has 0 spiro atoms. The molecule has 2 aromatic rings. The van der Waals surface area contributed by atoms with E-state index in [4.69, 9.17) is 4.74 Å². The quantitative estimate of drug-likeness (QED) is 0.898. The van der Waals surface area contributed by atoms with Gasteiger partial charge in [-0.05, 0) is 12.0 Å². The molecule has 0 unspecified atom stereocenters. The molecule has 0 bridgehead atoms. The summed E-state index contributed by atoms with van der Waals surface area (Å²) in [5.74, 6) is 1.18. The van der Waals surface area contributed by atoms with Gasteiger partial charge in [0, 0.05) is 19.3 Å². The van der Waals surface area contributed by atoms with E-state index < -0.39 is 0 Å². The normalized spacial score (nSPS) is 12.2. The number of carbonyl (C=O) groups is 1. The van der Waals surface area contributed by atoms with E-state index in [2.05, 4.69) is 20.4 Å². The number of pyridine rings is 1. The number of aryl methyl sites for hydroxylation is 1. The van der Waals surface area contributed by atoms with E-state index in [0.29, 0.717) is 11.4 Å². The number of hydrogen-bond donors (Lipinski definition) is 1. The lowest BCUT2D eigenvalue weighted by Gasteiger charge is -2.21. The highest BCUT2D eigenvalue weighted by molar-refractivity contribution is 5.94. The van der Waals surface area contributed by atoms with Crippen molar-refractivity contribution in [3.8, 4) is 5.88 Å². The molecule has 112 valence electrons. The van der Waals surface area contributed by atoms with Gasteiger partial charge in [-0.15, -0.1) is 0 Å². The second-order valence-corrected chi connectivity index (χ2v) is 5.03. The van der Waals surface area contributed by atoms with Crippen LogP contribution in [0, 0.1) is 5.92 Å². The monoisotopic (exact) mass is 289 g/mol. The summed E-state index contributed by atoms with van der Waals surface area (Å²) < 4.78 is 6.64. The number of hydrogen-bond acceptors (Lipinski definition) is 5. The Morgan fingerprint density at radius 2 is 2.10 bits per heavy atom. The summed E-state index contributed by atoms with van der Waals surface area (Å²) in [5.41, 5.74) is 0.476. The minimum Gasteiger partial charge on any atom is -0.481 e. The molecule has 0 aliphatic rings. The van der Waals surface area contributed by atoms with Gasteiger partial charge in [0.25, 0.3) is 5.91 Å². The molecular formula is C14H19N5O2. The number of amides is 1. The number of carbonyl (C=O) groups excluding carboxylic acids is 1. The average molecular weight is 289 g/mol. The SMILES string of the molecule is COc1ccc(C(=O)N[C@H](c2ncnn2C)C(C)C)cn1. The van der Waals surface area contributed by atoms with Gasteiger partial charge < -0.3 is 10.1 Å². The molecule has 2 aromatic heterocycles. The zero-order chi connectivity index (χ0) is 15.4. The van der Waals surface area contributed by atoms with E-state index >= 15 is 0 Å². The number of methoxy groups -OCH3 is 1. The highest BCUT2D eigenvalue weighted by atomic mass is 16.5. The first kappa shape index (κ1) is 15.0. The summed E-state index contributed by atoms with van der Waals surface area (Å²) in [6, 6.07) is 3.11. The standard InChI is InChI=1S/C14H19N5O2/c1-9(2)12(13-16-8-17-19(13)3)18-14(20)10-5-6-11(21-4)15-7-10/h5-9,12H,1-4H3,(H,18,20)/t12-/m0/s1. The molecule has 0 aliphatic heterocycles. The topological polar surface area (TPSA) is 81.9 Å². The lowest BCUT2D eigenvalue weighted by molar-refractivity contribution is 0.0921. The summed E-state index contributed by atoms with van der Waals surface area (Å²) in [5, 5.41) is 7.02. The Morgan fingerprint density at radius 1 is 1.33 bits per heavy atom. The van der Waals surface area contributed by atoms with Crippen LogP contribution >= 0.6 is 0 Å². The predicted octanol–water partition coefficient (Wildman–Crippen LogP) is 1.35. The maximum atomic E-state index is 12.3. The molecule has 0 aromatic carbocycles. The van der Waals surface area contributed by atoms with Crippen molar-refractivity contribution in [1.29, 1.82) is 0 Å². The van der Waals surface area contributed by atoms with Crippen molar-refractivity contribution in [3.05, 3.63) is 36.0 Å². The van der Waals surface area contributed by atoms with Crippen LogP contribution in [0.25, 0.3) is 0 Å². The zero-order valence-corrected chi connectivity index (χ0v) is 12.6. The van der Waals surface area contributed by atoms with Crippen LogP contribution < -0.4 is 10.1 Å². The number of nitrogens with one attached hydrogen (secondary N) is 1. The number of ether oxygens (including phenoxy) is 1. The fourth-order valence-electron chi connectivity index (χ4n) is 1.98. The maximum Gasteiger partial charge on any atom is 0.253 e.